The summed E-state index contributed by atoms with van der Waals surface area (Å²) in [6, 6.07) is 0. The molecule has 1 atom stereocenters. The second kappa shape index (κ2) is 4.18. The minimum Gasteiger partial charge on any atom is -0.342 e. The van der Waals surface area contributed by atoms with Crippen LogP contribution >= 0.6 is 0 Å². The fourth-order valence-electron chi connectivity index (χ4n) is 1.57. The average molecular weight is 210 g/mol. The molecular weight excluding hydrogens is 192 g/mol. The number of aromatic nitrogens is 2. The Balaban J connectivity index is 2.05. The Bertz CT molecular complexity index is 321. The first-order chi connectivity index (χ1) is 7.22. The molecule has 5 nitrogen and oxygen atoms in total. The molecular formula is C10H18N4O. The number of nitrogens with zero attached hydrogens (tertiary/aromatic N) is 3. The molecule has 0 amide bonds. The largest absolute Gasteiger partial charge is 0.342 e. The molecule has 0 spiro atoms. The molecule has 84 valence electrons. The van der Waals surface area contributed by atoms with E-state index in [-0.39, 0.29) is 0 Å². The van der Waals surface area contributed by atoms with Crippen molar-refractivity contribution in [1.29, 1.82) is 0 Å². The summed E-state index contributed by atoms with van der Waals surface area (Å²) in [5.41, 5.74) is 0. The van der Waals surface area contributed by atoms with Crippen LogP contribution in [0.1, 0.15) is 25.7 Å². The maximum Gasteiger partial charge on any atom is 0.265 e. The Labute approximate surface area is 89.8 Å². The highest BCUT2D eigenvalue weighted by atomic mass is 16.5. The van der Waals surface area contributed by atoms with E-state index in [1.54, 1.807) is 0 Å². The SMILES string of the molecule is CCN(C)c1noc(C(C)C2CNC2)n1. The monoisotopic (exact) mass is 210 g/mol. The van der Waals surface area contributed by atoms with E-state index in [0.29, 0.717) is 17.8 Å². The standard InChI is InChI=1S/C10H18N4O/c1-4-14(3)10-12-9(15-13-10)7(2)8-5-11-6-8/h7-8,11H,4-6H2,1-3H3. The van der Waals surface area contributed by atoms with Crippen LogP contribution < -0.4 is 10.2 Å². The molecule has 1 aliphatic rings. The Hall–Kier alpha value is -1.10. The molecule has 0 aromatic carbocycles. The summed E-state index contributed by atoms with van der Waals surface area (Å²) < 4.78 is 5.28. The van der Waals surface area contributed by atoms with Gasteiger partial charge in [0.15, 0.2) is 0 Å². The highest BCUT2D eigenvalue weighted by Gasteiger charge is 2.28. The summed E-state index contributed by atoms with van der Waals surface area (Å²) in [4.78, 5) is 6.38. The van der Waals surface area contributed by atoms with Gasteiger partial charge in [-0.1, -0.05) is 6.92 Å². The molecule has 2 rings (SSSR count). The minimum absolute atomic E-state index is 0.359. The summed E-state index contributed by atoms with van der Waals surface area (Å²) >= 11 is 0. The van der Waals surface area contributed by atoms with Gasteiger partial charge < -0.3 is 14.7 Å². The molecule has 0 bridgehead atoms. The van der Waals surface area contributed by atoms with Crippen LogP contribution in [0.4, 0.5) is 5.95 Å². The van der Waals surface area contributed by atoms with E-state index in [4.69, 9.17) is 4.52 Å². The van der Waals surface area contributed by atoms with Crippen LogP contribution in [0.3, 0.4) is 0 Å². The summed E-state index contributed by atoms with van der Waals surface area (Å²) in [6.45, 7) is 7.22. The number of anilines is 1. The lowest BCUT2D eigenvalue weighted by atomic mass is 9.89. The molecule has 1 unspecified atom stereocenters. The van der Waals surface area contributed by atoms with E-state index in [1.165, 1.54) is 0 Å². The Morgan fingerprint density at radius 3 is 2.87 bits per heavy atom. The van der Waals surface area contributed by atoms with Gasteiger partial charge in [-0.3, -0.25) is 0 Å². The summed E-state index contributed by atoms with van der Waals surface area (Å²) in [6.07, 6.45) is 0. The van der Waals surface area contributed by atoms with Gasteiger partial charge in [0.25, 0.3) is 5.95 Å². The summed E-state index contributed by atoms with van der Waals surface area (Å²) in [7, 11) is 1.96. The summed E-state index contributed by atoms with van der Waals surface area (Å²) in [5.74, 6) is 2.45. The first-order valence-corrected chi connectivity index (χ1v) is 5.47. The van der Waals surface area contributed by atoms with Crippen molar-refractivity contribution in [2.75, 3.05) is 31.6 Å². The molecule has 5 heteroatoms. The topological polar surface area (TPSA) is 54.2 Å². The van der Waals surface area contributed by atoms with Gasteiger partial charge in [-0.05, 0) is 31.1 Å². The first-order valence-electron chi connectivity index (χ1n) is 5.47. The molecule has 0 aliphatic carbocycles. The van der Waals surface area contributed by atoms with E-state index >= 15 is 0 Å². The van der Waals surface area contributed by atoms with Gasteiger partial charge in [0.2, 0.25) is 5.89 Å². The van der Waals surface area contributed by atoms with Crippen molar-refractivity contribution < 1.29 is 4.52 Å². The van der Waals surface area contributed by atoms with Gasteiger partial charge in [0.05, 0.1) is 0 Å². The molecule has 1 N–H and O–H groups in total. The zero-order valence-electron chi connectivity index (χ0n) is 9.53. The molecule has 1 aromatic heterocycles. The van der Waals surface area contributed by atoms with Gasteiger partial charge in [-0.2, -0.15) is 4.98 Å². The number of rotatable bonds is 4. The van der Waals surface area contributed by atoms with Crippen molar-refractivity contribution in [1.82, 2.24) is 15.5 Å². The highest BCUT2D eigenvalue weighted by Crippen LogP contribution is 2.26. The van der Waals surface area contributed by atoms with Crippen molar-refractivity contribution >= 4 is 5.95 Å². The van der Waals surface area contributed by atoms with Crippen LogP contribution in [0.2, 0.25) is 0 Å². The van der Waals surface area contributed by atoms with Crippen molar-refractivity contribution in [2.45, 2.75) is 19.8 Å². The van der Waals surface area contributed by atoms with Crippen LogP contribution in [-0.2, 0) is 0 Å². The Morgan fingerprint density at radius 2 is 2.33 bits per heavy atom. The lowest BCUT2D eigenvalue weighted by Crippen LogP contribution is -2.44. The number of nitrogens with one attached hydrogen (secondary N) is 1. The molecule has 15 heavy (non-hydrogen) atoms. The third-order valence-electron chi connectivity index (χ3n) is 3.16. The van der Waals surface area contributed by atoms with Crippen molar-refractivity contribution in [3.05, 3.63) is 5.89 Å². The third-order valence-corrected chi connectivity index (χ3v) is 3.16. The Morgan fingerprint density at radius 1 is 1.60 bits per heavy atom. The van der Waals surface area contributed by atoms with E-state index in [2.05, 4.69) is 29.3 Å². The van der Waals surface area contributed by atoms with Gasteiger partial charge in [0.1, 0.15) is 0 Å². The number of hydrogen-bond acceptors (Lipinski definition) is 5. The zero-order chi connectivity index (χ0) is 10.8. The fraction of sp³-hybridized carbons (Fsp3) is 0.800. The third kappa shape index (κ3) is 1.97. The van der Waals surface area contributed by atoms with E-state index in [1.807, 2.05) is 11.9 Å². The maximum atomic E-state index is 5.28. The first kappa shape index (κ1) is 10.4. The maximum absolute atomic E-state index is 5.28. The number of hydrogen-bond donors (Lipinski definition) is 1. The molecule has 1 aliphatic heterocycles. The van der Waals surface area contributed by atoms with Crippen LogP contribution in [0, 0.1) is 5.92 Å². The highest BCUT2D eigenvalue weighted by molar-refractivity contribution is 5.25. The molecule has 0 radical (unpaired) electrons. The normalized spacial score (nSPS) is 18.6. The fourth-order valence-corrected chi connectivity index (χ4v) is 1.57. The van der Waals surface area contributed by atoms with E-state index in [0.717, 1.165) is 25.5 Å². The van der Waals surface area contributed by atoms with E-state index in [9.17, 15) is 0 Å². The van der Waals surface area contributed by atoms with Crippen LogP contribution in [0.5, 0.6) is 0 Å². The van der Waals surface area contributed by atoms with Gasteiger partial charge in [0, 0.05) is 19.5 Å². The van der Waals surface area contributed by atoms with Crippen molar-refractivity contribution in [3.8, 4) is 0 Å². The van der Waals surface area contributed by atoms with Crippen molar-refractivity contribution in [3.63, 3.8) is 0 Å². The Kier molecular flexibility index (Phi) is 2.90. The van der Waals surface area contributed by atoms with Crippen molar-refractivity contribution in [2.24, 2.45) is 5.92 Å². The smallest absolute Gasteiger partial charge is 0.265 e. The van der Waals surface area contributed by atoms with Crippen LogP contribution in [0.15, 0.2) is 4.52 Å². The van der Waals surface area contributed by atoms with Crippen LogP contribution in [-0.4, -0.2) is 36.8 Å². The minimum atomic E-state index is 0.359. The average Bonchev–Trinajstić information content (AvgIpc) is 2.62. The van der Waals surface area contributed by atoms with Gasteiger partial charge in [-0.25, -0.2) is 0 Å². The molecule has 1 saturated heterocycles. The van der Waals surface area contributed by atoms with Gasteiger partial charge in [-0.15, -0.1) is 0 Å². The quantitative estimate of drug-likeness (QED) is 0.798. The van der Waals surface area contributed by atoms with Crippen LogP contribution in [0.25, 0.3) is 0 Å². The van der Waals surface area contributed by atoms with Gasteiger partial charge >= 0.3 is 0 Å². The second-order valence-corrected chi connectivity index (χ2v) is 4.15. The molecule has 2 heterocycles. The molecule has 1 fully saturated rings. The molecule has 1 aromatic rings. The lowest BCUT2D eigenvalue weighted by molar-refractivity contribution is 0.252. The van der Waals surface area contributed by atoms with E-state index < -0.39 is 0 Å². The predicted octanol–water partition coefficient (Wildman–Crippen LogP) is 0.849. The summed E-state index contributed by atoms with van der Waals surface area (Å²) in [5, 5.41) is 7.22. The lowest BCUT2D eigenvalue weighted by Gasteiger charge is -2.30. The molecule has 0 saturated carbocycles. The second-order valence-electron chi connectivity index (χ2n) is 4.15. The zero-order valence-corrected chi connectivity index (χ0v) is 9.53. The predicted molar refractivity (Wildman–Crippen MR) is 58.0 cm³/mol.